The predicted molar refractivity (Wildman–Crippen MR) is 107 cm³/mol. The minimum Gasteiger partial charge on any atom is -0.310 e. The summed E-state index contributed by atoms with van der Waals surface area (Å²) in [5.41, 5.74) is 7.03. The molecule has 5 aromatic rings. The second-order valence-electron chi connectivity index (χ2n) is 6.47. The molecule has 5 rings (SSSR count). The summed E-state index contributed by atoms with van der Waals surface area (Å²) < 4.78 is 4.45. The Kier molecular flexibility index (Phi) is 3.39. The molecular weight excluding hydrogens is 318 g/mol. The highest BCUT2D eigenvalue weighted by molar-refractivity contribution is 5.82. The summed E-state index contributed by atoms with van der Waals surface area (Å²) in [4.78, 5) is 4.92. The molecule has 3 aromatic carbocycles. The van der Waals surface area contributed by atoms with E-state index in [2.05, 4.69) is 94.9 Å². The van der Waals surface area contributed by atoms with Crippen LogP contribution in [0.1, 0.15) is 6.92 Å². The van der Waals surface area contributed by atoms with Crippen LogP contribution in [-0.4, -0.2) is 14.0 Å². The molecule has 2 aromatic heterocycles. The van der Waals surface area contributed by atoms with Crippen molar-refractivity contribution in [3.8, 4) is 22.4 Å². The van der Waals surface area contributed by atoms with Crippen LogP contribution in [0.5, 0.6) is 0 Å². The van der Waals surface area contributed by atoms with Gasteiger partial charge in [-0.3, -0.25) is 4.40 Å². The van der Waals surface area contributed by atoms with Gasteiger partial charge in [-0.1, -0.05) is 66.7 Å². The molecule has 3 heteroatoms. The highest BCUT2D eigenvalue weighted by Crippen LogP contribution is 2.27. The second kappa shape index (κ2) is 5.88. The van der Waals surface area contributed by atoms with Crippen LogP contribution in [0.25, 0.3) is 39.2 Å². The molecule has 0 atom stereocenters. The molecule has 0 unspecified atom stereocenters. The number of benzene rings is 3. The summed E-state index contributed by atoms with van der Waals surface area (Å²) in [5.74, 6) is 0.996. The Labute approximate surface area is 152 Å². The third-order valence-electron chi connectivity index (χ3n) is 4.96. The molecule has 0 spiro atoms. The molecule has 0 saturated heterocycles. The summed E-state index contributed by atoms with van der Waals surface area (Å²) >= 11 is 0. The minimum atomic E-state index is 0.903. The Hall–Kier alpha value is -3.33. The Balaban J connectivity index is 1.61. The molecular formula is C23H19N3. The van der Waals surface area contributed by atoms with E-state index in [1.807, 2.05) is 6.07 Å². The van der Waals surface area contributed by atoms with Crippen LogP contribution in [0.15, 0.2) is 85.1 Å². The van der Waals surface area contributed by atoms with E-state index in [1.54, 1.807) is 0 Å². The van der Waals surface area contributed by atoms with E-state index < -0.39 is 0 Å². The zero-order chi connectivity index (χ0) is 17.5. The zero-order valence-corrected chi connectivity index (χ0v) is 14.6. The maximum Gasteiger partial charge on any atom is 0.215 e. The van der Waals surface area contributed by atoms with Gasteiger partial charge in [0.05, 0.1) is 16.7 Å². The first-order chi connectivity index (χ1) is 12.8. The Bertz CT molecular complexity index is 1200. The van der Waals surface area contributed by atoms with Crippen LogP contribution < -0.4 is 0 Å². The van der Waals surface area contributed by atoms with Crippen molar-refractivity contribution in [3.63, 3.8) is 0 Å². The van der Waals surface area contributed by atoms with E-state index in [-0.39, 0.29) is 0 Å². The molecule has 2 heterocycles. The number of aromatic nitrogens is 3. The molecule has 0 aliphatic rings. The van der Waals surface area contributed by atoms with E-state index >= 15 is 0 Å². The summed E-state index contributed by atoms with van der Waals surface area (Å²) in [6.07, 6.45) is 2.14. The van der Waals surface area contributed by atoms with Crippen LogP contribution in [0.3, 0.4) is 0 Å². The fourth-order valence-corrected chi connectivity index (χ4v) is 3.66. The first-order valence-corrected chi connectivity index (χ1v) is 8.97. The van der Waals surface area contributed by atoms with E-state index in [0.29, 0.717) is 0 Å². The molecule has 0 amide bonds. The lowest BCUT2D eigenvalue weighted by molar-refractivity contribution is 0.807. The number of aryl methyl sites for hydroxylation is 1. The smallest absolute Gasteiger partial charge is 0.215 e. The van der Waals surface area contributed by atoms with Crippen molar-refractivity contribution < 1.29 is 0 Å². The van der Waals surface area contributed by atoms with Crippen LogP contribution >= 0.6 is 0 Å². The van der Waals surface area contributed by atoms with Gasteiger partial charge in [-0.25, -0.2) is 4.98 Å². The monoisotopic (exact) mass is 337 g/mol. The van der Waals surface area contributed by atoms with Crippen molar-refractivity contribution >= 4 is 16.8 Å². The maximum absolute atomic E-state index is 4.92. The molecule has 0 aliphatic carbocycles. The number of hydrogen-bond donors (Lipinski definition) is 0. The average molecular weight is 337 g/mol. The first kappa shape index (κ1) is 15.0. The number of imidazole rings is 2. The van der Waals surface area contributed by atoms with Gasteiger partial charge in [0.2, 0.25) is 5.78 Å². The van der Waals surface area contributed by atoms with E-state index in [1.165, 1.54) is 22.2 Å². The van der Waals surface area contributed by atoms with Gasteiger partial charge < -0.3 is 4.57 Å². The van der Waals surface area contributed by atoms with Crippen molar-refractivity contribution in [1.82, 2.24) is 14.0 Å². The lowest BCUT2D eigenvalue weighted by atomic mass is 10.0. The number of rotatable bonds is 3. The fourth-order valence-electron chi connectivity index (χ4n) is 3.66. The SMILES string of the molecule is CCn1c2ccccc2n2cc(-c3ccc(-c4ccccc4)cc3)nc12. The molecule has 3 nitrogen and oxygen atoms in total. The van der Waals surface area contributed by atoms with Gasteiger partial charge in [0.1, 0.15) is 0 Å². The number of fused-ring (bicyclic) bond motifs is 3. The molecule has 126 valence electrons. The molecule has 0 aliphatic heterocycles. The van der Waals surface area contributed by atoms with Crippen LogP contribution in [0.4, 0.5) is 0 Å². The van der Waals surface area contributed by atoms with E-state index in [0.717, 1.165) is 23.6 Å². The van der Waals surface area contributed by atoms with Crippen LogP contribution in [0.2, 0.25) is 0 Å². The first-order valence-electron chi connectivity index (χ1n) is 8.97. The number of hydrogen-bond acceptors (Lipinski definition) is 1. The number of para-hydroxylation sites is 2. The van der Waals surface area contributed by atoms with Crippen molar-refractivity contribution in [2.75, 3.05) is 0 Å². The van der Waals surface area contributed by atoms with Gasteiger partial charge in [0.15, 0.2) is 0 Å². The van der Waals surface area contributed by atoms with Gasteiger partial charge in [-0.2, -0.15) is 0 Å². The van der Waals surface area contributed by atoms with Crippen molar-refractivity contribution in [2.45, 2.75) is 13.5 Å². The lowest BCUT2D eigenvalue weighted by Gasteiger charge is -2.03. The molecule has 26 heavy (non-hydrogen) atoms. The van der Waals surface area contributed by atoms with E-state index in [4.69, 9.17) is 4.98 Å². The van der Waals surface area contributed by atoms with Crippen molar-refractivity contribution in [3.05, 3.63) is 85.1 Å². The highest BCUT2D eigenvalue weighted by atomic mass is 15.2. The summed E-state index contributed by atoms with van der Waals surface area (Å²) in [6, 6.07) is 27.6. The van der Waals surface area contributed by atoms with Crippen LogP contribution in [-0.2, 0) is 6.54 Å². The molecule has 0 saturated carbocycles. The molecule has 0 radical (unpaired) electrons. The second-order valence-corrected chi connectivity index (χ2v) is 6.47. The summed E-state index contributed by atoms with van der Waals surface area (Å²) in [5, 5.41) is 0. The highest BCUT2D eigenvalue weighted by Gasteiger charge is 2.13. The number of nitrogens with zero attached hydrogens (tertiary/aromatic N) is 3. The molecule has 0 fully saturated rings. The Morgan fingerprint density at radius 2 is 1.31 bits per heavy atom. The lowest BCUT2D eigenvalue weighted by Crippen LogP contribution is -1.94. The largest absolute Gasteiger partial charge is 0.310 e. The maximum atomic E-state index is 4.92. The molecule has 0 N–H and O–H groups in total. The fraction of sp³-hybridized carbons (Fsp3) is 0.0870. The third-order valence-corrected chi connectivity index (χ3v) is 4.96. The molecule has 0 bridgehead atoms. The van der Waals surface area contributed by atoms with Gasteiger partial charge in [-0.05, 0) is 30.2 Å². The Morgan fingerprint density at radius 3 is 2.04 bits per heavy atom. The van der Waals surface area contributed by atoms with Crippen molar-refractivity contribution in [2.24, 2.45) is 0 Å². The zero-order valence-electron chi connectivity index (χ0n) is 14.6. The normalized spacial score (nSPS) is 11.4. The average Bonchev–Trinajstić information content (AvgIpc) is 3.26. The third kappa shape index (κ3) is 2.25. The van der Waals surface area contributed by atoms with Gasteiger partial charge in [0, 0.05) is 18.3 Å². The van der Waals surface area contributed by atoms with Crippen LogP contribution in [0, 0.1) is 0 Å². The summed E-state index contributed by atoms with van der Waals surface area (Å²) in [7, 11) is 0. The van der Waals surface area contributed by atoms with E-state index in [9.17, 15) is 0 Å². The van der Waals surface area contributed by atoms with Crippen molar-refractivity contribution in [1.29, 1.82) is 0 Å². The Morgan fingerprint density at radius 1 is 0.692 bits per heavy atom. The topological polar surface area (TPSA) is 22.2 Å². The predicted octanol–water partition coefficient (Wildman–Crippen LogP) is 5.64. The summed E-state index contributed by atoms with van der Waals surface area (Å²) in [6.45, 7) is 3.07. The van der Waals surface area contributed by atoms with Gasteiger partial charge in [-0.15, -0.1) is 0 Å². The quantitative estimate of drug-likeness (QED) is 0.417. The minimum absolute atomic E-state index is 0.903. The standard InChI is InChI=1S/C23H19N3/c1-2-25-21-10-6-7-11-22(21)26-16-20(24-23(25)26)19-14-12-18(13-15-19)17-8-4-3-5-9-17/h3-16H,2H2,1H3. The van der Waals surface area contributed by atoms with Gasteiger partial charge >= 0.3 is 0 Å². The van der Waals surface area contributed by atoms with Gasteiger partial charge in [0.25, 0.3) is 0 Å².